The topological polar surface area (TPSA) is 169 Å². The molecule has 0 bridgehead atoms. The predicted molar refractivity (Wildman–Crippen MR) is 69.8 cm³/mol. The van der Waals surface area contributed by atoms with Crippen molar-refractivity contribution in [1.82, 2.24) is 4.90 Å². The van der Waals surface area contributed by atoms with Gasteiger partial charge in [0.15, 0.2) is 11.9 Å². The Morgan fingerprint density at radius 3 is 2.11 bits per heavy atom. The van der Waals surface area contributed by atoms with E-state index in [1.165, 1.54) is 4.90 Å². The Kier molecular flexibility index (Phi) is 5.89. The molecule has 0 aromatic heterocycles. The van der Waals surface area contributed by atoms with Gasteiger partial charge >= 0.3 is 5.97 Å². The summed E-state index contributed by atoms with van der Waals surface area (Å²) in [5, 5.41) is 9.31. The fraction of sp³-hybridized carbons (Fsp3) is 0.667. The summed E-state index contributed by atoms with van der Waals surface area (Å²) in [5.74, 6) is -1.46. The minimum atomic E-state index is -1.50. The lowest BCUT2D eigenvalue weighted by Crippen LogP contribution is -2.51. The molecule has 104 valence electrons. The molecule has 0 unspecified atom stereocenters. The molecule has 0 spiro atoms. The number of aliphatic imine (C=N–C) groups is 2. The summed E-state index contributed by atoms with van der Waals surface area (Å²) in [6.45, 7) is 0.311. The van der Waals surface area contributed by atoms with Gasteiger partial charge in [-0.2, -0.15) is 0 Å². The zero-order valence-corrected chi connectivity index (χ0v) is 10.6. The molecule has 0 saturated heterocycles. The van der Waals surface area contributed by atoms with Gasteiger partial charge < -0.3 is 28.0 Å². The number of carbonyl (C=O) groups is 1. The number of nitrogens with two attached hydrogens (primary N) is 4. The van der Waals surface area contributed by atoms with Crippen molar-refractivity contribution in [3.63, 3.8) is 0 Å². The predicted octanol–water partition coefficient (Wildman–Crippen LogP) is -2.34. The van der Waals surface area contributed by atoms with E-state index in [0.717, 1.165) is 0 Å². The van der Waals surface area contributed by atoms with Gasteiger partial charge in [0.2, 0.25) is 5.66 Å². The van der Waals surface area contributed by atoms with Crippen LogP contribution in [0.2, 0.25) is 0 Å². The van der Waals surface area contributed by atoms with Gasteiger partial charge in [-0.3, -0.25) is 9.89 Å². The summed E-state index contributed by atoms with van der Waals surface area (Å²) in [5.41, 5.74) is 19.4. The number of likely N-dealkylation sites (N-methyl/N-ethyl adjacent to an activating group) is 1. The largest absolute Gasteiger partial charge is 0.478 e. The molecular weight excluding hydrogens is 238 g/mol. The van der Waals surface area contributed by atoms with Crippen molar-refractivity contribution in [2.45, 2.75) is 18.5 Å². The van der Waals surface area contributed by atoms with Gasteiger partial charge in [-0.15, -0.1) is 0 Å². The van der Waals surface area contributed by atoms with Crippen LogP contribution in [-0.2, 0) is 4.79 Å². The molecule has 0 aliphatic rings. The number of carboxylic acid groups (broad SMARTS) is 1. The SMILES string of the molecule is CN(C)[C@](CCCN=C(N)N)(N=C(N)N)C(=O)O. The molecule has 0 saturated carbocycles. The van der Waals surface area contributed by atoms with Crippen molar-refractivity contribution in [2.75, 3.05) is 20.6 Å². The van der Waals surface area contributed by atoms with E-state index >= 15 is 0 Å². The van der Waals surface area contributed by atoms with Crippen LogP contribution in [0.15, 0.2) is 9.98 Å². The number of aliphatic carboxylic acids is 1. The molecule has 1 atom stereocenters. The molecule has 0 aliphatic carbocycles. The number of guanidine groups is 2. The van der Waals surface area contributed by atoms with Crippen LogP contribution < -0.4 is 22.9 Å². The summed E-state index contributed by atoms with van der Waals surface area (Å²) in [4.78, 5) is 20.4. The molecule has 9 N–H and O–H groups in total. The molecule has 0 fully saturated rings. The van der Waals surface area contributed by atoms with Gasteiger partial charge in [0, 0.05) is 6.54 Å². The first-order valence-electron chi connectivity index (χ1n) is 5.29. The lowest BCUT2D eigenvalue weighted by molar-refractivity contribution is -0.150. The number of hydrogen-bond acceptors (Lipinski definition) is 4. The molecule has 0 aliphatic heterocycles. The number of carboxylic acids is 1. The van der Waals surface area contributed by atoms with Crippen LogP contribution in [0.1, 0.15) is 12.8 Å². The minimum absolute atomic E-state index is 0.0392. The van der Waals surface area contributed by atoms with E-state index in [0.29, 0.717) is 13.0 Å². The van der Waals surface area contributed by atoms with E-state index in [4.69, 9.17) is 22.9 Å². The van der Waals surface area contributed by atoms with Gasteiger partial charge in [-0.25, -0.2) is 9.79 Å². The first-order chi connectivity index (χ1) is 8.22. The second-order valence-electron chi connectivity index (χ2n) is 3.96. The monoisotopic (exact) mass is 259 g/mol. The van der Waals surface area contributed by atoms with E-state index in [-0.39, 0.29) is 18.3 Å². The van der Waals surface area contributed by atoms with Crippen LogP contribution in [0.3, 0.4) is 0 Å². The maximum Gasteiger partial charge on any atom is 0.346 e. The highest BCUT2D eigenvalue weighted by Crippen LogP contribution is 2.21. The van der Waals surface area contributed by atoms with Gasteiger partial charge in [-0.1, -0.05) is 0 Å². The van der Waals surface area contributed by atoms with E-state index < -0.39 is 11.6 Å². The molecule has 0 aromatic rings. The minimum Gasteiger partial charge on any atom is -0.478 e. The maximum atomic E-state index is 11.4. The van der Waals surface area contributed by atoms with Crippen LogP contribution >= 0.6 is 0 Å². The molecule has 0 radical (unpaired) electrons. The third-order valence-electron chi connectivity index (χ3n) is 2.37. The Hall–Kier alpha value is -2.03. The highest BCUT2D eigenvalue weighted by molar-refractivity contribution is 5.84. The van der Waals surface area contributed by atoms with Crippen molar-refractivity contribution in [3.05, 3.63) is 0 Å². The quantitative estimate of drug-likeness (QED) is 0.194. The smallest absolute Gasteiger partial charge is 0.346 e. The fourth-order valence-electron chi connectivity index (χ4n) is 1.47. The summed E-state index contributed by atoms with van der Waals surface area (Å²) in [7, 11) is 3.17. The lowest BCUT2D eigenvalue weighted by Gasteiger charge is -2.31. The van der Waals surface area contributed by atoms with Gasteiger partial charge in [-0.05, 0) is 26.9 Å². The Labute approximate surface area is 106 Å². The summed E-state index contributed by atoms with van der Waals surface area (Å²) < 4.78 is 0. The van der Waals surface area contributed by atoms with Crippen LogP contribution in [0, 0.1) is 0 Å². The van der Waals surface area contributed by atoms with Crippen molar-refractivity contribution >= 4 is 17.9 Å². The first kappa shape index (κ1) is 16.0. The van der Waals surface area contributed by atoms with E-state index in [9.17, 15) is 9.90 Å². The van der Waals surface area contributed by atoms with Crippen LogP contribution in [0.25, 0.3) is 0 Å². The summed E-state index contributed by atoms with van der Waals surface area (Å²) in [6.07, 6.45) is 0.614. The van der Waals surface area contributed by atoms with E-state index in [1.54, 1.807) is 14.1 Å². The normalized spacial score (nSPS) is 13.7. The summed E-state index contributed by atoms with van der Waals surface area (Å²) >= 11 is 0. The van der Waals surface area contributed by atoms with E-state index in [2.05, 4.69) is 9.98 Å². The summed E-state index contributed by atoms with van der Waals surface area (Å²) in [6, 6.07) is 0. The maximum absolute atomic E-state index is 11.4. The molecular formula is C9H21N7O2. The van der Waals surface area contributed by atoms with Crippen molar-refractivity contribution in [1.29, 1.82) is 0 Å². The third kappa shape index (κ3) is 4.45. The van der Waals surface area contributed by atoms with Gasteiger partial charge in [0.25, 0.3) is 0 Å². The Bertz CT molecular complexity index is 345. The van der Waals surface area contributed by atoms with Crippen LogP contribution in [-0.4, -0.2) is 54.2 Å². The number of hydrogen-bond donors (Lipinski definition) is 5. The Balaban J connectivity index is 4.93. The third-order valence-corrected chi connectivity index (χ3v) is 2.37. The highest BCUT2D eigenvalue weighted by Gasteiger charge is 2.40. The van der Waals surface area contributed by atoms with Crippen molar-refractivity contribution < 1.29 is 9.90 Å². The second kappa shape index (κ2) is 6.64. The Morgan fingerprint density at radius 1 is 1.22 bits per heavy atom. The molecule has 9 nitrogen and oxygen atoms in total. The zero-order valence-electron chi connectivity index (χ0n) is 10.6. The lowest BCUT2D eigenvalue weighted by atomic mass is 10.0. The van der Waals surface area contributed by atoms with Crippen LogP contribution in [0.4, 0.5) is 0 Å². The first-order valence-corrected chi connectivity index (χ1v) is 5.29. The fourth-order valence-corrected chi connectivity index (χ4v) is 1.47. The molecule has 0 heterocycles. The second-order valence-corrected chi connectivity index (χ2v) is 3.96. The zero-order chi connectivity index (χ0) is 14.3. The highest BCUT2D eigenvalue weighted by atomic mass is 16.4. The molecule has 0 rings (SSSR count). The van der Waals surface area contributed by atoms with Crippen molar-refractivity contribution in [3.8, 4) is 0 Å². The molecule has 9 heteroatoms. The molecule has 18 heavy (non-hydrogen) atoms. The van der Waals surface area contributed by atoms with Gasteiger partial charge in [0.1, 0.15) is 0 Å². The van der Waals surface area contributed by atoms with Crippen LogP contribution in [0.5, 0.6) is 0 Å². The average molecular weight is 259 g/mol. The number of rotatable bonds is 7. The Morgan fingerprint density at radius 2 is 1.78 bits per heavy atom. The molecule has 0 amide bonds. The van der Waals surface area contributed by atoms with Gasteiger partial charge in [0.05, 0.1) is 0 Å². The standard InChI is InChI=1S/C9H21N7O2/c1-16(2)9(6(17)18,15-8(12)13)4-3-5-14-7(10)11/h3-5H2,1-2H3,(H,17,18)(H4,10,11,14)(H4,12,13,15)/t9-/m0/s1. The molecule has 0 aromatic carbocycles. The van der Waals surface area contributed by atoms with E-state index in [1.807, 2.05) is 0 Å². The average Bonchev–Trinajstić information content (AvgIpc) is 2.20. The number of nitrogens with zero attached hydrogens (tertiary/aromatic N) is 3. The van der Waals surface area contributed by atoms with Crippen molar-refractivity contribution in [2.24, 2.45) is 32.9 Å².